The van der Waals surface area contributed by atoms with Crippen LogP contribution in [0.1, 0.15) is 46.6 Å². The molecule has 2 heterocycles. The molecule has 4 rings (SSSR count). The predicted molar refractivity (Wildman–Crippen MR) is 138 cm³/mol. The molecule has 1 saturated heterocycles. The maximum atomic E-state index is 13.3. The van der Waals surface area contributed by atoms with Crippen molar-refractivity contribution in [3.05, 3.63) is 76.9 Å². The molecule has 1 aliphatic rings. The van der Waals surface area contributed by atoms with Gasteiger partial charge in [-0.25, -0.2) is 17.6 Å². The van der Waals surface area contributed by atoms with E-state index < -0.39 is 28.5 Å². The Morgan fingerprint density at radius 1 is 0.973 bits per heavy atom. The SMILES string of the molecule is Cc1ccc(NC(=O)COC(=O)c2cc(C)n(-c3ccc(F)cc3)c2C)cc1S(=O)(=O)N1CCCCC1. The summed E-state index contributed by atoms with van der Waals surface area (Å²) in [5.41, 5.74) is 3.23. The third kappa shape index (κ3) is 5.75. The van der Waals surface area contributed by atoms with Gasteiger partial charge in [-0.15, -0.1) is 0 Å². The molecule has 1 N–H and O–H groups in total. The summed E-state index contributed by atoms with van der Waals surface area (Å²) < 4.78 is 48.1. The van der Waals surface area contributed by atoms with E-state index in [-0.39, 0.29) is 10.7 Å². The summed E-state index contributed by atoms with van der Waals surface area (Å²) in [6.45, 7) is 5.69. The van der Waals surface area contributed by atoms with Crippen molar-refractivity contribution in [2.45, 2.75) is 44.9 Å². The van der Waals surface area contributed by atoms with Gasteiger partial charge >= 0.3 is 5.97 Å². The molecular formula is C27H30FN3O5S. The lowest BCUT2D eigenvalue weighted by molar-refractivity contribution is -0.119. The molecule has 1 fully saturated rings. The van der Waals surface area contributed by atoms with Crippen LogP contribution in [0, 0.1) is 26.6 Å². The van der Waals surface area contributed by atoms with Gasteiger partial charge in [-0.3, -0.25) is 4.79 Å². The van der Waals surface area contributed by atoms with Crippen molar-refractivity contribution in [3.63, 3.8) is 0 Å². The fourth-order valence-electron chi connectivity index (χ4n) is 4.56. The van der Waals surface area contributed by atoms with E-state index in [1.165, 1.54) is 22.5 Å². The molecular weight excluding hydrogens is 497 g/mol. The van der Waals surface area contributed by atoms with E-state index in [9.17, 15) is 22.4 Å². The molecule has 0 saturated carbocycles. The number of esters is 1. The molecule has 1 aromatic heterocycles. The number of halogens is 1. The molecule has 8 nitrogen and oxygen atoms in total. The van der Waals surface area contributed by atoms with Crippen molar-refractivity contribution in [2.24, 2.45) is 0 Å². The molecule has 0 bridgehead atoms. The van der Waals surface area contributed by atoms with E-state index in [4.69, 9.17) is 4.74 Å². The summed E-state index contributed by atoms with van der Waals surface area (Å²) in [5, 5.41) is 2.61. The smallest absolute Gasteiger partial charge is 0.340 e. The molecule has 3 aromatic rings. The quantitative estimate of drug-likeness (QED) is 0.456. The molecule has 1 amide bonds. The molecule has 0 spiro atoms. The Labute approximate surface area is 216 Å². The van der Waals surface area contributed by atoms with Crippen LogP contribution in [0.25, 0.3) is 5.69 Å². The highest BCUT2D eigenvalue weighted by molar-refractivity contribution is 7.89. The molecule has 37 heavy (non-hydrogen) atoms. The molecule has 196 valence electrons. The van der Waals surface area contributed by atoms with Crippen molar-refractivity contribution in [3.8, 4) is 5.69 Å². The molecule has 1 aliphatic heterocycles. The zero-order valence-electron chi connectivity index (χ0n) is 21.1. The van der Waals surface area contributed by atoms with E-state index in [1.54, 1.807) is 48.7 Å². The number of benzene rings is 2. The number of nitrogens with one attached hydrogen (secondary N) is 1. The predicted octanol–water partition coefficient (Wildman–Crippen LogP) is 4.51. The van der Waals surface area contributed by atoms with Gasteiger partial charge < -0.3 is 14.6 Å². The number of hydrogen-bond donors (Lipinski definition) is 1. The van der Waals surface area contributed by atoms with Crippen molar-refractivity contribution < 1.29 is 27.1 Å². The van der Waals surface area contributed by atoms with Gasteiger partial charge in [0.2, 0.25) is 10.0 Å². The van der Waals surface area contributed by atoms with Gasteiger partial charge in [0.1, 0.15) is 5.82 Å². The van der Waals surface area contributed by atoms with Crippen LogP contribution < -0.4 is 5.32 Å². The highest BCUT2D eigenvalue weighted by Gasteiger charge is 2.28. The van der Waals surface area contributed by atoms with Crippen molar-refractivity contribution in [1.29, 1.82) is 0 Å². The summed E-state index contributed by atoms with van der Waals surface area (Å²) in [6.07, 6.45) is 2.66. The van der Waals surface area contributed by atoms with Crippen LogP contribution in [0.4, 0.5) is 10.1 Å². The van der Waals surface area contributed by atoms with Gasteiger partial charge in [0, 0.05) is 35.9 Å². The number of ether oxygens (including phenoxy) is 1. The number of rotatable bonds is 7. The first-order valence-corrected chi connectivity index (χ1v) is 13.5. The maximum Gasteiger partial charge on any atom is 0.340 e. The van der Waals surface area contributed by atoms with Crippen molar-refractivity contribution in [2.75, 3.05) is 25.0 Å². The van der Waals surface area contributed by atoms with E-state index in [0.717, 1.165) is 25.0 Å². The van der Waals surface area contributed by atoms with Gasteiger partial charge in [-0.1, -0.05) is 12.5 Å². The van der Waals surface area contributed by atoms with Crippen LogP contribution >= 0.6 is 0 Å². The van der Waals surface area contributed by atoms with Crippen LogP contribution in [0.15, 0.2) is 53.4 Å². The summed E-state index contributed by atoms with van der Waals surface area (Å²) in [7, 11) is -3.67. The molecule has 0 atom stereocenters. The van der Waals surface area contributed by atoms with E-state index in [0.29, 0.717) is 41.3 Å². The average Bonchev–Trinajstić information content (AvgIpc) is 3.18. The van der Waals surface area contributed by atoms with Gasteiger partial charge in [0.05, 0.1) is 10.5 Å². The van der Waals surface area contributed by atoms with Crippen LogP contribution in [0.3, 0.4) is 0 Å². The van der Waals surface area contributed by atoms with Gasteiger partial charge in [0.25, 0.3) is 5.91 Å². The van der Waals surface area contributed by atoms with Gasteiger partial charge in [0.15, 0.2) is 6.61 Å². The van der Waals surface area contributed by atoms with Crippen LogP contribution in [0.5, 0.6) is 0 Å². The standard InChI is InChI=1S/C27H30FN3O5S/c1-18-7-10-22(16-25(18)37(34,35)30-13-5-4-6-14-30)29-26(32)17-36-27(33)24-15-19(2)31(20(24)3)23-11-8-21(28)9-12-23/h7-12,15-16H,4-6,13-14,17H2,1-3H3,(H,29,32). The second-order valence-corrected chi connectivity index (χ2v) is 11.1. The fourth-order valence-corrected chi connectivity index (χ4v) is 6.33. The lowest BCUT2D eigenvalue weighted by Gasteiger charge is -2.26. The number of anilines is 1. The Balaban J connectivity index is 1.42. The van der Waals surface area contributed by atoms with E-state index in [1.807, 2.05) is 6.92 Å². The normalized spacial score (nSPS) is 14.4. The molecule has 2 aromatic carbocycles. The molecule has 0 aliphatic carbocycles. The van der Waals surface area contributed by atoms with E-state index in [2.05, 4.69) is 5.32 Å². The number of piperidine rings is 1. The Morgan fingerprint density at radius 2 is 1.65 bits per heavy atom. The number of aromatic nitrogens is 1. The summed E-state index contributed by atoms with van der Waals surface area (Å²) in [5.74, 6) is -1.62. The number of hydrogen-bond acceptors (Lipinski definition) is 5. The summed E-state index contributed by atoms with van der Waals surface area (Å²) in [6, 6.07) is 12.2. The minimum Gasteiger partial charge on any atom is -0.452 e. The number of carbonyl (C=O) groups is 2. The fraction of sp³-hybridized carbons (Fsp3) is 0.333. The lowest BCUT2D eigenvalue weighted by atomic mass is 10.2. The van der Waals surface area contributed by atoms with Crippen LogP contribution in [-0.4, -0.2) is 48.9 Å². The Kier molecular flexibility index (Phi) is 7.79. The zero-order chi connectivity index (χ0) is 26.7. The van der Waals surface area contributed by atoms with Crippen LogP contribution in [-0.2, 0) is 19.6 Å². The maximum absolute atomic E-state index is 13.3. The molecule has 0 radical (unpaired) electrons. The first-order chi connectivity index (χ1) is 17.6. The molecule has 0 unspecified atom stereocenters. The first-order valence-electron chi connectivity index (χ1n) is 12.1. The second kappa shape index (κ2) is 10.9. The van der Waals surface area contributed by atoms with Crippen LogP contribution in [0.2, 0.25) is 0 Å². The Hall–Kier alpha value is -3.50. The van der Waals surface area contributed by atoms with E-state index >= 15 is 0 Å². The minimum atomic E-state index is -3.67. The monoisotopic (exact) mass is 527 g/mol. The number of amides is 1. The highest BCUT2D eigenvalue weighted by Crippen LogP contribution is 2.26. The van der Waals surface area contributed by atoms with Gasteiger partial charge in [-0.05, 0) is 81.6 Å². The third-order valence-corrected chi connectivity index (χ3v) is 8.52. The second-order valence-electron chi connectivity index (χ2n) is 9.17. The highest BCUT2D eigenvalue weighted by atomic mass is 32.2. The average molecular weight is 528 g/mol. The van der Waals surface area contributed by atoms with Crippen molar-refractivity contribution in [1.82, 2.24) is 8.87 Å². The lowest BCUT2D eigenvalue weighted by Crippen LogP contribution is -2.36. The Bertz CT molecular complexity index is 1420. The number of nitrogens with zero attached hydrogens (tertiary/aromatic N) is 2. The number of aryl methyl sites for hydroxylation is 2. The van der Waals surface area contributed by atoms with Crippen molar-refractivity contribution >= 4 is 27.6 Å². The minimum absolute atomic E-state index is 0.150. The van der Waals surface area contributed by atoms with Gasteiger partial charge in [-0.2, -0.15) is 4.31 Å². The number of carbonyl (C=O) groups excluding carboxylic acids is 2. The third-order valence-electron chi connectivity index (χ3n) is 6.47. The zero-order valence-corrected chi connectivity index (χ0v) is 21.9. The topological polar surface area (TPSA) is 97.7 Å². The molecule has 10 heteroatoms. The number of sulfonamides is 1. The Morgan fingerprint density at radius 3 is 2.32 bits per heavy atom. The first kappa shape index (κ1) is 26.6. The largest absolute Gasteiger partial charge is 0.452 e. The summed E-state index contributed by atoms with van der Waals surface area (Å²) in [4.78, 5) is 25.4. The summed E-state index contributed by atoms with van der Waals surface area (Å²) >= 11 is 0.